The van der Waals surface area contributed by atoms with E-state index in [0.29, 0.717) is 46.0 Å². The SMILES string of the molecule is O=C(O)CCC(=O)NCCCOCCOCCOCCNc1ccc([N+](=O)[O-])cc1[N+](=O)[O-]. The average Bonchev–Trinajstić information content (AvgIpc) is 2.77. The van der Waals surface area contributed by atoms with Crippen LogP contribution in [0.1, 0.15) is 19.3 Å². The number of non-ortho nitro benzene ring substituents is 1. The second-order valence-corrected chi connectivity index (χ2v) is 6.58. The van der Waals surface area contributed by atoms with Crippen molar-refractivity contribution in [2.45, 2.75) is 19.3 Å². The van der Waals surface area contributed by atoms with E-state index in [1.165, 1.54) is 12.1 Å². The van der Waals surface area contributed by atoms with Gasteiger partial charge in [0.25, 0.3) is 11.4 Å². The van der Waals surface area contributed by atoms with Gasteiger partial charge in [0.2, 0.25) is 5.91 Å². The Morgan fingerprint density at radius 1 is 0.879 bits per heavy atom. The number of carbonyl (C=O) groups is 2. The minimum absolute atomic E-state index is 0.0425. The standard InChI is InChI=1S/C19H28N4O10/c24-18(4-5-19(25)26)21-6-1-8-31-10-12-33-13-11-32-9-7-20-16-3-2-15(22(27)28)14-17(16)23(29)30/h2-3,14,20H,1,4-13H2,(H,21,24)(H,25,26). The van der Waals surface area contributed by atoms with E-state index in [2.05, 4.69) is 10.6 Å². The van der Waals surface area contributed by atoms with Crippen molar-refractivity contribution in [3.05, 3.63) is 38.4 Å². The maximum absolute atomic E-state index is 11.3. The van der Waals surface area contributed by atoms with E-state index in [4.69, 9.17) is 19.3 Å². The summed E-state index contributed by atoms with van der Waals surface area (Å²) in [7, 11) is 0. The van der Waals surface area contributed by atoms with Gasteiger partial charge in [0, 0.05) is 32.2 Å². The molecule has 0 aliphatic heterocycles. The molecule has 0 bridgehead atoms. The molecule has 0 saturated heterocycles. The van der Waals surface area contributed by atoms with Crippen LogP contribution in [-0.2, 0) is 23.8 Å². The molecule has 33 heavy (non-hydrogen) atoms. The Hall–Kier alpha value is -3.36. The summed E-state index contributed by atoms with van der Waals surface area (Å²) in [6, 6.07) is 3.37. The molecule has 0 radical (unpaired) electrons. The first-order valence-corrected chi connectivity index (χ1v) is 10.2. The van der Waals surface area contributed by atoms with Gasteiger partial charge >= 0.3 is 5.97 Å². The lowest BCUT2D eigenvalue weighted by atomic mass is 10.2. The monoisotopic (exact) mass is 472 g/mol. The molecular weight excluding hydrogens is 444 g/mol. The Kier molecular flexibility index (Phi) is 13.7. The normalized spacial score (nSPS) is 10.5. The first-order valence-electron chi connectivity index (χ1n) is 10.2. The highest BCUT2D eigenvalue weighted by atomic mass is 16.6. The lowest BCUT2D eigenvalue weighted by molar-refractivity contribution is -0.393. The molecule has 0 spiro atoms. The molecule has 1 amide bonds. The van der Waals surface area contributed by atoms with Crippen molar-refractivity contribution in [3.63, 3.8) is 0 Å². The van der Waals surface area contributed by atoms with Crippen LogP contribution in [0.25, 0.3) is 0 Å². The minimum Gasteiger partial charge on any atom is -0.481 e. The summed E-state index contributed by atoms with van der Waals surface area (Å²) in [5.41, 5.74) is -0.570. The zero-order valence-electron chi connectivity index (χ0n) is 18.0. The van der Waals surface area contributed by atoms with Gasteiger partial charge in [-0.05, 0) is 12.5 Å². The van der Waals surface area contributed by atoms with Crippen molar-refractivity contribution in [1.29, 1.82) is 0 Å². The summed E-state index contributed by atoms with van der Waals surface area (Å²) < 4.78 is 16.0. The van der Waals surface area contributed by atoms with E-state index in [0.717, 1.165) is 6.07 Å². The third kappa shape index (κ3) is 12.9. The van der Waals surface area contributed by atoms with Crippen molar-refractivity contribution >= 4 is 28.9 Å². The van der Waals surface area contributed by atoms with Crippen molar-refractivity contribution in [2.24, 2.45) is 0 Å². The summed E-state index contributed by atoms with van der Waals surface area (Å²) >= 11 is 0. The molecule has 3 N–H and O–H groups in total. The topological polar surface area (TPSA) is 192 Å². The van der Waals surface area contributed by atoms with Crippen molar-refractivity contribution in [2.75, 3.05) is 58.0 Å². The third-order valence-electron chi connectivity index (χ3n) is 4.05. The van der Waals surface area contributed by atoms with E-state index < -0.39 is 15.8 Å². The Morgan fingerprint density at radius 2 is 1.52 bits per heavy atom. The second kappa shape index (κ2) is 16.3. The van der Waals surface area contributed by atoms with E-state index in [1.54, 1.807) is 0 Å². The molecular formula is C19H28N4O10. The van der Waals surface area contributed by atoms with E-state index in [9.17, 15) is 29.8 Å². The summed E-state index contributed by atoms with van der Waals surface area (Å²) in [6.45, 7) is 2.75. The predicted octanol–water partition coefficient (Wildman–Crippen LogP) is 1.34. The number of ether oxygens (including phenoxy) is 3. The Balaban J connectivity index is 1.99. The number of carboxylic acid groups (broad SMARTS) is 1. The van der Waals surface area contributed by atoms with Gasteiger partial charge in [0.05, 0.1) is 55.4 Å². The number of hydrogen-bond acceptors (Lipinski definition) is 10. The molecule has 0 atom stereocenters. The Morgan fingerprint density at radius 3 is 2.12 bits per heavy atom. The molecule has 0 aromatic heterocycles. The fraction of sp³-hybridized carbons (Fsp3) is 0.579. The number of hydrogen-bond donors (Lipinski definition) is 3. The van der Waals surface area contributed by atoms with Crippen LogP contribution >= 0.6 is 0 Å². The highest BCUT2D eigenvalue weighted by molar-refractivity contribution is 5.80. The van der Waals surface area contributed by atoms with Gasteiger partial charge in [-0.25, -0.2) is 0 Å². The molecule has 184 valence electrons. The van der Waals surface area contributed by atoms with Gasteiger partial charge in [0.1, 0.15) is 5.69 Å². The number of nitro groups is 2. The van der Waals surface area contributed by atoms with Gasteiger partial charge in [-0.15, -0.1) is 0 Å². The van der Waals surface area contributed by atoms with Crippen LogP contribution in [0.4, 0.5) is 17.1 Å². The predicted molar refractivity (Wildman–Crippen MR) is 115 cm³/mol. The number of carbonyl (C=O) groups excluding carboxylic acids is 1. The summed E-state index contributed by atoms with van der Waals surface area (Å²) in [4.78, 5) is 42.0. The molecule has 14 nitrogen and oxygen atoms in total. The van der Waals surface area contributed by atoms with Crippen LogP contribution in [-0.4, -0.2) is 79.6 Å². The van der Waals surface area contributed by atoms with Crippen LogP contribution in [0, 0.1) is 20.2 Å². The molecule has 0 fully saturated rings. The number of rotatable bonds is 19. The zero-order chi connectivity index (χ0) is 24.5. The highest BCUT2D eigenvalue weighted by Gasteiger charge is 2.18. The number of nitro benzene ring substituents is 2. The zero-order valence-corrected chi connectivity index (χ0v) is 18.0. The number of benzene rings is 1. The van der Waals surface area contributed by atoms with Gasteiger partial charge in [-0.3, -0.25) is 29.8 Å². The minimum atomic E-state index is -1.01. The quantitative estimate of drug-likeness (QED) is 0.149. The summed E-state index contributed by atoms with van der Waals surface area (Å²) in [5.74, 6) is -1.31. The van der Waals surface area contributed by atoms with Crippen LogP contribution < -0.4 is 10.6 Å². The molecule has 1 rings (SSSR count). The Labute approximate surface area is 189 Å². The largest absolute Gasteiger partial charge is 0.481 e. The Bertz CT molecular complexity index is 790. The number of amides is 1. The van der Waals surface area contributed by atoms with Gasteiger partial charge in [-0.1, -0.05) is 0 Å². The lowest BCUT2D eigenvalue weighted by Gasteiger charge is -2.09. The van der Waals surface area contributed by atoms with Crippen LogP contribution in [0.2, 0.25) is 0 Å². The van der Waals surface area contributed by atoms with Gasteiger partial charge in [-0.2, -0.15) is 0 Å². The molecule has 14 heteroatoms. The van der Waals surface area contributed by atoms with Gasteiger partial charge in [0.15, 0.2) is 0 Å². The average molecular weight is 472 g/mol. The number of nitrogens with zero attached hydrogens (tertiary/aromatic N) is 2. The maximum Gasteiger partial charge on any atom is 0.303 e. The van der Waals surface area contributed by atoms with E-state index in [-0.39, 0.29) is 49.0 Å². The fourth-order valence-electron chi connectivity index (χ4n) is 2.44. The molecule has 0 unspecified atom stereocenters. The number of aliphatic carboxylic acids is 1. The molecule has 0 saturated carbocycles. The number of carboxylic acids is 1. The molecule has 0 aliphatic carbocycles. The lowest BCUT2D eigenvalue weighted by Crippen LogP contribution is -2.25. The second-order valence-electron chi connectivity index (χ2n) is 6.58. The molecule has 0 heterocycles. The van der Waals surface area contributed by atoms with Crippen molar-refractivity contribution in [3.8, 4) is 0 Å². The maximum atomic E-state index is 11.3. The third-order valence-corrected chi connectivity index (χ3v) is 4.05. The van der Waals surface area contributed by atoms with E-state index in [1.807, 2.05) is 0 Å². The van der Waals surface area contributed by atoms with Crippen LogP contribution in [0.5, 0.6) is 0 Å². The van der Waals surface area contributed by atoms with Gasteiger partial charge < -0.3 is 30.0 Å². The van der Waals surface area contributed by atoms with Crippen molar-refractivity contribution in [1.82, 2.24) is 5.32 Å². The fourth-order valence-corrected chi connectivity index (χ4v) is 2.44. The molecule has 1 aromatic rings. The summed E-state index contributed by atoms with van der Waals surface area (Å²) in [6.07, 6.45) is 0.364. The molecule has 1 aromatic carbocycles. The van der Waals surface area contributed by atoms with Crippen molar-refractivity contribution < 1.29 is 38.8 Å². The van der Waals surface area contributed by atoms with E-state index >= 15 is 0 Å². The van der Waals surface area contributed by atoms with Crippen LogP contribution in [0.3, 0.4) is 0 Å². The smallest absolute Gasteiger partial charge is 0.303 e. The summed E-state index contributed by atoms with van der Waals surface area (Å²) in [5, 5.41) is 35.7. The first kappa shape index (κ1) is 27.7. The number of anilines is 1. The first-order chi connectivity index (χ1) is 15.8. The molecule has 0 aliphatic rings. The highest BCUT2D eigenvalue weighted by Crippen LogP contribution is 2.28. The van der Waals surface area contributed by atoms with Crippen LogP contribution in [0.15, 0.2) is 18.2 Å². The number of nitrogens with one attached hydrogen (secondary N) is 2.